The highest BCUT2D eigenvalue weighted by Gasteiger charge is 1.85. The molecular formula is C7H15BO. The van der Waals surface area contributed by atoms with E-state index in [1.807, 2.05) is 0 Å². The van der Waals surface area contributed by atoms with Gasteiger partial charge in [0.2, 0.25) is 0 Å². The molecule has 0 spiro atoms. The van der Waals surface area contributed by atoms with Crippen LogP contribution in [0.2, 0.25) is 0 Å². The minimum Gasteiger partial charge on any atom is -0.448 e. The maximum atomic E-state index is 4.84. The van der Waals surface area contributed by atoms with E-state index in [9.17, 15) is 0 Å². The van der Waals surface area contributed by atoms with Gasteiger partial charge in [-0.2, -0.15) is 0 Å². The van der Waals surface area contributed by atoms with Gasteiger partial charge in [-0.1, -0.05) is 32.6 Å². The van der Waals surface area contributed by atoms with Gasteiger partial charge in [0.25, 0.3) is 8.05 Å². The fourth-order valence-corrected chi connectivity index (χ4v) is 0.789. The summed E-state index contributed by atoms with van der Waals surface area (Å²) in [5.74, 6) is 0. The third-order valence-corrected chi connectivity index (χ3v) is 1.37. The van der Waals surface area contributed by atoms with Gasteiger partial charge in [0, 0.05) is 6.61 Å². The SMILES string of the molecule is [B]OCCCCCCC. The Labute approximate surface area is 59.2 Å². The van der Waals surface area contributed by atoms with Crippen molar-refractivity contribution >= 4 is 8.05 Å². The first-order valence-corrected chi connectivity index (χ1v) is 3.73. The quantitative estimate of drug-likeness (QED) is 0.391. The van der Waals surface area contributed by atoms with E-state index in [2.05, 4.69) is 11.6 Å². The van der Waals surface area contributed by atoms with Crippen LogP contribution in [0.4, 0.5) is 0 Å². The molecule has 9 heavy (non-hydrogen) atoms. The van der Waals surface area contributed by atoms with Crippen molar-refractivity contribution in [1.82, 2.24) is 0 Å². The molecule has 52 valence electrons. The zero-order valence-electron chi connectivity index (χ0n) is 6.23. The summed E-state index contributed by atoms with van der Waals surface area (Å²) < 4.78 is 4.42. The molecule has 0 heterocycles. The van der Waals surface area contributed by atoms with E-state index in [0.717, 1.165) is 6.42 Å². The van der Waals surface area contributed by atoms with E-state index in [4.69, 9.17) is 8.05 Å². The van der Waals surface area contributed by atoms with E-state index in [-0.39, 0.29) is 0 Å². The van der Waals surface area contributed by atoms with Crippen LogP contribution < -0.4 is 0 Å². The lowest BCUT2D eigenvalue weighted by Crippen LogP contribution is -1.88. The molecule has 0 aliphatic heterocycles. The van der Waals surface area contributed by atoms with Crippen LogP contribution >= 0.6 is 0 Å². The molecule has 0 amide bonds. The van der Waals surface area contributed by atoms with E-state index >= 15 is 0 Å². The molecule has 0 atom stereocenters. The van der Waals surface area contributed by atoms with Crippen molar-refractivity contribution in [1.29, 1.82) is 0 Å². The Kier molecular flexibility index (Phi) is 8.05. The van der Waals surface area contributed by atoms with Crippen LogP contribution in [0.3, 0.4) is 0 Å². The van der Waals surface area contributed by atoms with Crippen molar-refractivity contribution < 1.29 is 4.65 Å². The van der Waals surface area contributed by atoms with E-state index in [1.165, 1.54) is 25.7 Å². The second-order valence-electron chi connectivity index (χ2n) is 2.29. The van der Waals surface area contributed by atoms with E-state index in [1.54, 1.807) is 0 Å². The van der Waals surface area contributed by atoms with Gasteiger partial charge in [0.15, 0.2) is 0 Å². The molecule has 0 aromatic carbocycles. The number of rotatable bonds is 6. The van der Waals surface area contributed by atoms with Gasteiger partial charge >= 0.3 is 0 Å². The van der Waals surface area contributed by atoms with Crippen LogP contribution in [0.15, 0.2) is 0 Å². The Hall–Kier alpha value is 0.0249. The average molecular weight is 126 g/mol. The molecule has 2 radical (unpaired) electrons. The third kappa shape index (κ3) is 8.02. The maximum Gasteiger partial charge on any atom is 0.282 e. The van der Waals surface area contributed by atoms with Crippen LogP contribution in [0.25, 0.3) is 0 Å². The molecule has 1 nitrogen and oxygen atoms in total. The minimum absolute atomic E-state index is 0.712. The van der Waals surface area contributed by atoms with Gasteiger partial charge in [0.1, 0.15) is 0 Å². The molecule has 0 fully saturated rings. The van der Waals surface area contributed by atoms with Crippen molar-refractivity contribution in [3.63, 3.8) is 0 Å². The van der Waals surface area contributed by atoms with Gasteiger partial charge in [-0.3, -0.25) is 0 Å². The summed E-state index contributed by atoms with van der Waals surface area (Å²) in [6, 6.07) is 0. The highest BCUT2D eigenvalue weighted by molar-refractivity contribution is 5.97. The predicted molar refractivity (Wildman–Crippen MR) is 40.5 cm³/mol. The van der Waals surface area contributed by atoms with E-state index < -0.39 is 0 Å². The summed E-state index contributed by atoms with van der Waals surface area (Å²) in [5, 5.41) is 0. The normalized spacial score (nSPS) is 9.89. The fraction of sp³-hybridized carbons (Fsp3) is 1.00. The highest BCUT2D eigenvalue weighted by Crippen LogP contribution is 2.01. The maximum absolute atomic E-state index is 4.84. The van der Waals surface area contributed by atoms with Crippen LogP contribution in [0.1, 0.15) is 39.0 Å². The first kappa shape index (κ1) is 9.02. The third-order valence-electron chi connectivity index (χ3n) is 1.37. The zero-order chi connectivity index (χ0) is 6.95. The van der Waals surface area contributed by atoms with Crippen molar-refractivity contribution in [3.05, 3.63) is 0 Å². The predicted octanol–water partition coefficient (Wildman–Crippen LogP) is 2.06. The van der Waals surface area contributed by atoms with Crippen molar-refractivity contribution in [3.8, 4) is 0 Å². The standard InChI is InChI=1S/C7H15BO/c1-2-3-4-5-6-7-9-8/h2-7H2,1H3. The molecule has 0 saturated heterocycles. The first-order chi connectivity index (χ1) is 4.41. The zero-order valence-corrected chi connectivity index (χ0v) is 6.23. The van der Waals surface area contributed by atoms with Gasteiger partial charge in [-0.25, -0.2) is 0 Å². The summed E-state index contributed by atoms with van der Waals surface area (Å²) in [7, 11) is 4.84. The van der Waals surface area contributed by atoms with Crippen molar-refractivity contribution in [2.75, 3.05) is 6.61 Å². The topological polar surface area (TPSA) is 9.23 Å². The summed E-state index contributed by atoms with van der Waals surface area (Å²) >= 11 is 0. The molecule has 0 bridgehead atoms. The second-order valence-corrected chi connectivity index (χ2v) is 2.29. The van der Waals surface area contributed by atoms with Crippen LogP contribution in [-0.2, 0) is 4.65 Å². The lowest BCUT2D eigenvalue weighted by Gasteiger charge is -1.97. The Morgan fingerprint density at radius 2 is 1.78 bits per heavy atom. The number of hydrogen-bond donors (Lipinski definition) is 0. The lowest BCUT2D eigenvalue weighted by atomic mass is 10.2. The van der Waals surface area contributed by atoms with Crippen LogP contribution in [-0.4, -0.2) is 14.7 Å². The summed E-state index contributed by atoms with van der Waals surface area (Å²) in [4.78, 5) is 0. The molecule has 0 aliphatic carbocycles. The van der Waals surface area contributed by atoms with Gasteiger partial charge < -0.3 is 4.65 Å². The summed E-state index contributed by atoms with van der Waals surface area (Å²) in [5.41, 5.74) is 0. The first-order valence-electron chi connectivity index (χ1n) is 3.73. The molecule has 0 aliphatic rings. The Morgan fingerprint density at radius 1 is 1.11 bits per heavy atom. The largest absolute Gasteiger partial charge is 0.448 e. The van der Waals surface area contributed by atoms with Crippen LogP contribution in [0, 0.1) is 0 Å². The summed E-state index contributed by atoms with van der Waals surface area (Å²) in [6.45, 7) is 2.92. The van der Waals surface area contributed by atoms with Gasteiger partial charge in [-0.15, -0.1) is 0 Å². The van der Waals surface area contributed by atoms with Crippen molar-refractivity contribution in [2.24, 2.45) is 0 Å². The molecule has 0 aromatic heterocycles. The molecule has 0 unspecified atom stereocenters. The number of hydrogen-bond acceptors (Lipinski definition) is 1. The van der Waals surface area contributed by atoms with E-state index in [0.29, 0.717) is 6.61 Å². The smallest absolute Gasteiger partial charge is 0.282 e. The van der Waals surface area contributed by atoms with Crippen molar-refractivity contribution in [2.45, 2.75) is 39.0 Å². The monoisotopic (exact) mass is 126 g/mol. The second kappa shape index (κ2) is 8.02. The molecule has 0 N–H and O–H groups in total. The minimum atomic E-state index is 0.712. The Balaban J connectivity index is 2.60. The Bertz CT molecular complexity index is 42.2. The fourth-order valence-electron chi connectivity index (χ4n) is 0.789. The number of unbranched alkanes of at least 4 members (excludes halogenated alkanes) is 4. The highest BCUT2D eigenvalue weighted by atomic mass is 16.4. The molecule has 0 rings (SSSR count). The average Bonchev–Trinajstić information content (AvgIpc) is 1.89. The van der Waals surface area contributed by atoms with Gasteiger partial charge in [-0.05, 0) is 6.42 Å². The van der Waals surface area contributed by atoms with Crippen LogP contribution in [0.5, 0.6) is 0 Å². The molecule has 0 saturated carbocycles. The molecule has 2 heteroatoms. The lowest BCUT2D eigenvalue weighted by molar-refractivity contribution is 0.333. The van der Waals surface area contributed by atoms with Gasteiger partial charge in [0.05, 0.1) is 0 Å². The molecule has 0 aromatic rings. The molecular weight excluding hydrogens is 111 g/mol. The summed E-state index contributed by atoms with van der Waals surface area (Å²) in [6.07, 6.45) is 6.31. The Morgan fingerprint density at radius 3 is 2.33 bits per heavy atom.